The minimum absolute atomic E-state index is 0.288. The Kier molecular flexibility index (Phi) is 7.00. The molecule has 156 valence electrons. The Bertz CT molecular complexity index is 1050. The molecule has 0 heterocycles. The molecule has 0 spiro atoms. The van der Waals surface area contributed by atoms with Crippen molar-refractivity contribution in [2.24, 2.45) is 0 Å². The van der Waals surface area contributed by atoms with Gasteiger partial charge in [0.1, 0.15) is 6.61 Å². The average Bonchev–Trinajstić information content (AvgIpc) is 2.73. The van der Waals surface area contributed by atoms with Crippen molar-refractivity contribution in [3.05, 3.63) is 86.9 Å². The van der Waals surface area contributed by atoms with E-state index in [4.69, 9.17) is 9.47 Å². The number of hydrogen-bond donors (Lipinski definition) is 2. The number of carboxylic acids is 1. The zero-order chi connectivity index (χ0) is 21.7. The van der Waals surface area contributed by atoms with Crippen molar-refractivity contribution in [1.29, 1.82) is 0 Å². The maximum absolute atomic E-state index is 11.3. The normalized spacial score (nSPS) is 10.5. The van der Waals surface area contributed by atoms with Gasteiger partial charge >= 0.3 is 5.97 Å². The summed E-state index contributed by atoms with van der Waals surface area (Å²) in [6.07, 6.45) is 0. The summed E-state index contributed by atoms with van der Waals surface area (Å²) in [5.74, 6) is 0.352. The zero-order valence-electron chi connectivity index (χ0n) is 17.2. The fourth-order valence-corrected chi connectivity index (χ4v) is 3.54. The molecule has 0 aromatic heterocycles. The molecule has 2 N–H and O–H groups in total. The van der Waals surface area contributed by atoms with Gasteiger partial charge in [-0.15, -0.1) is 0 Å². The number of benzene rings is 3. The molecule has 0 fully saturated rings. The highest BCUT2D eigenvalue weighted by molar-refractivity contribution is 9.10. The van der Waals surface area contributed by atoms with E-state index in [-0.39, 0.29) is 5.56 Å². The molecule has 30 heavy (non-hydrogen) atoms. The van der Waals surface area contributed by atoms with Crippen LogP contribution in [0, 0.1) is 13.8 Å². The van der Waals surface area contributed by atoms with Crippen LogP contribution in [0.4, 0.5) is 5.69 Å². The molecule has 5 nitrogen and oxygen atoms in total. The molecule has 0 saturated carbocycles. The molecule has 0 aliphatic carbocycles. The molecule has 3 aromatic rings. The van der Waals surface area contributed by atoms with Crippen molar-refractivity contribution in [2.45, 2.75) is 27.0 Å². The van der Waals surface area contributed by atoms with Crippen LogP contribution in [0.5, 0.6) is 11.5 Å². The van der Waals surface area contributed by atoms with Crippen LogP contribution in [0.3, 0.4) is 0 Å². The molecule has 0 atom stereocenters. The van der Waals surface area contributed by atoms with Gasteiger partial charge in [-0.3, -0.25) is 0 Å². The van der Waals surface area contributed by atoms with E-state index in [1.807, 2.05) is 30.3 Å². The van der Waals surface area contributed by atoms with Crippen LogP contribution in [0.15, 0.2) is 59.1 Å². The Morgan fingerprint density at radius 1 is 1.07 bits per heavy atom. The van der Waals surface area contributed by atoms with Gasteiger partial charge in [-0.1, -0.05) is 51.8 Å². The highest BCUT2D eigenvalue weighted by Gasteiger charge is 2.13. The number of rotatable bonds is 8. The largest absolute Gasteiger partial charge is 0.493 e. The zero-order valence-corrected chi connectivity index (χ0v) is 18.7. The second kappa shape index (κ2) is 9.67. The molecule has 0 aliphatic heterocycles. The van der Waals surface area contributed by atoms with Crippen molar-refractivity contribution >= 4 is 27.6 Å². The Morgan fingerprint density at radius 2 is 1.80 bits per heavy atom. The topological polar surface area (TPSA) is 67.8 Å². The first-order valence-electron chi connectivity index (χ1n) is 9.50. The van der Waals surface area contributed by atoms with Crippen LogP contribution >= 0.6 is 15.9 Å². The lowest BCUT2D eigenvalue weighted by molar-refractivity contribution is 0.0696. The molecule has 0 unspecified atom stereocenters. The van der Waals surface area contributed by atoms with E-state index in [1.54, 1.807) is 26.2 Å². The van der Waals surface area contributed by atoms with Gasteiger partial charge in [0, 0.05) is 16.7 Å². The second-order valence-corrected chi connectivity index (χ2v) is 7.86. The number of carbonyl (C=O) groups is 1. The number of ether oxygens (including phenoxy) is 2. The summed E-state index contributed by atoms with van der Waals surface area (Å²) >= 11 is 3.61. The lowest BCUT2D eigenvalue weighted by Crippen LogP contribution is -2.06. The van der Waals surface area contributed by atoms with Gasteiger partial charge in [-0.05, 0) is 54.8 Å². The van der Waals surface area contributed by atoms with E-state index in [2.05, 4.69) is 40.3 Å². The van der Waals surface area contributed by atoms with Crippen LogP contribution in [-0.2, 0) is 13.2 Å². The van der Waals surface area contributed by atoms with Gasteiger partial charge < -0.3 is 19.9 Å². The molecule has 0 aliphatic rings. The van der Waals surface area contributed by atoms with Crippen molar-refractivity contribution in [2.75, 3.05) is 12.4 Å². The first-order chi connectivity index (χ1) is 14.4. The third kappa shape index (κ3) is 5.13. The predicted octanol–water partition coefficient (Wildman–Crippen LogP) is 5.96. The summed E-state index contributed by atoms with van der Waals surface area (Å²) in [6.45, 7) is 4.79. The number of carboxylic acid groups (broad SMARTS) is 1. The molecule has 0 amide bonds. The summed E-state index contributed by atoms with van der Waals surface area (Å²) < 4.78 is 12.4. The van der Waals surface area contributed by atoms with Crippen LogP contribution < -0.4 is 14.8 Å². The van der Waals surface area contributed by atoms with E-state index in [0.29, 0.717) is 30.2 Å². The fourth-order valence-electron chi connectivity index (χ4n) is 3.08. The third-order valence-electron chi connectivity index (χ3n) is 4.88. The van der Waals surface area contributed by atoms with Gasteiger partial charge in [0.15, 0.2) is 11.5 Å². The van der Waals surface area contributed by atoms with Gasteiger partial charge in [0.05, 0.1) is 12.7 Å². The number of nitrogens with one attached hydrogen (secondary N) is 1. The monoisotopic (exact) mass is 469 g/mol. The summed E-state index contributed by atoms with van der Waals surface area (Å²) in [5.41, 5.74) is 5.02. The molecule has 0 bridgehead atoms. The number of halogens is 1. The highest BCUT2D eigenvalue weighted by atomic mass is 79.9. The summed E-state index contributed by atoms with van der Waals surface area (Å²) in [6, 6.07) is 17.2. The molecule has 3 aromatic carbocycles. The Morgan fingerprint density at radius 3 is 2.47 bits per heavy atom. The molecular formula is C24H24BrNO4. The van der Waals surface area contributed by atoms with Crippen molar-refractivity contribution < 1.29 is 19.4 Å². The highest BCUT2D eigenvalue weighted by Crippen LogP contribution is 2.34. The summed E-state index contributed by atoms with van der Waals surface area (Å²) in [7, 11) is 1.61. The van der Waals surface area contributed by atoms with Crippen molar-refractivity contribution in [1.82, 2.24) is 0 Å². The second-order valence-electron chi connectivity index (χ2n) is 7.01. The number of aromatic carboxylic acids is 1. The standard InChI is InChI=1S/C24H24BrNO4/c1-15-7-9-17(10-8-15)14-30-23-12-20(25)18(11-22(23)29-3)13-26-21-6-4-5-19(16(21)2)24(27)28/h4-12,26H,13-14H2,1-3H3,(H,27,28). The Balaban J connectivity index is 1.74. The SMILES string of the molecule is COc1cc(CNc2cccc(C(=O)O)c2C)c(Br)cc1OCc1ccc(C)cc1. The molecule has 0 saturated heterocycles. The minimum atomic E-state index is -0.936. The lowest BCUT2D eigenvalue weighted by Gasteiger charge is -2.16. The number of anilines is 1. The quantitative estimate of drug-likeness (QED) is 0.425. The number of aryl methyl sites for hydroxylation is 1. The van der Waals surface area contributed by atoms with Crippen LogP contribution in [0.1, 0.15) is 32.6 Å². The van der Waals surface area contributed by atoms with E-state index in [1.165, 1.54) is 5.56 Å². The molecular weight excluding hydrogens is 446 g/mol. The molecule has 0 radical (unpaired) electrons. The van der Waals surface area contributed by atoms with Gasteiger partial charge in [0.25, 0.3) is 0 Å². The maximum atomic E-state index is 11.3. The first kappa shape index (κ1) is 21.7. The van der Waals surface area contributed by atoms with Gasteiger partial charge in [0.2, 0.25) is 0 Å². The predicted molar refractivity (Wildman–Crippen MR) is 122 cm³/mol. The lowest BCUT2D eigenvalue weighted by atomic mass is 10.1. The Labute approximate surface area is 184 Å². The van der Waals surface area contributed by atoms with E-state index in [0.717, 1.165) is 21.3 Å². The van der Waals surface area contributed by atoms with Crippen molar-refractivity contribution in [3.8, 4) is 11.5 Å². The van der Waals surface area contributed by atoms with Crippen LogP contribution in [0.25, 0.3) is 0 Å². The molecule has 6 heteroatoms. The number of hydrogen-bond acceptors (Lipinski definition) is 4. The van der Waals surface area contributed by atoms with E-state index < -0.39 is 5.97 Å². The van der Waals surface area contributed by atoms with E-state index >= 15 is 0 Å². The number of methoxy groups -OCH3 is 1. The van der Waals surface area contributed by atoms with Gasteiger partial charge in [-0.2, -0.15) is 0 Å². The van der Waals surface area contributed by atoms with E-state index in [9.17, 15) is 9.90 Å². The fraction of sp³-hybridized carbons (Fsp3) is 0.208. The van der Waals surface area contributed by atoms with Crippen LogP contribution in [-0.4, -0.2) is 18.2 Å². The van der Waals surface area contributed by atoms with Gasteiger partial charge in [-0.25, -0.2) is 4.79 Å². The molecule has 3 rings (SSSR count). The van der Waals surface area contributed by atoms with Crippen molar-refractivity contribution in [3.63, 3.8) is 0 Å². The average molecular weight is 470 g/mol. The Hall–Kier alpha value is -2.99. The van der Waals surface area contributed by atoms with Crippen LogP contribution in [0.2, 0.25) is 0 Å². The summed E-state index contributed by atoms with van der Waals surface area (Å²) in [4.78, 5) is 11.3. The third-order valence-corrected chi connectivity index (χ3v) is 5.62. The first-order valence-corrected chi connectivity index (χ1v) is 10.3. The minimum Gasteiger partial charge on any atom is -0.493 e. The summed E-state index contributed by atoms with van der Waals surface area (Å²) in [5, 5.41) is 12.6. The smallest absolute Gasteiger partial charge is 0.336 e. The maximum Gasteiger partial charge on any atom is 0.336 e.